The van der Waals surface area contributed by atoms with Crippen molar-refractivity contribution in [2.24, 2.45) is 5.73 Å². The Labute approximate surface area is 125 Å². The Bertz CT molecular complexity index is 469. The molecular weight excluding hydrogens is 311 g/mol. The van der Waals surface area contributed by atoms with E-state index in [1.807, 2.05) is 0 Å². The molecule has 8 heteroatoms. The average Bonchev–Trinajstić information content (AvgIpc) is 2.41. The molecule has 1 aromatic rings. The second kappa shape index (κ2) is 7.72. The number of ether oxygens (including phenoxy) is 3. The second-order valence-electron chi connectivity index (χ2n) is 4.27. The van der Waals surface area contributed by atoms with Crippen LogP contribution in [0.4, 0.5) is 13.2 Å². The van der Waals surface area contributed by atoms with Crippen molar-refractivity contribution in [2.45, 2.75) is 18.6 Å². The summed E-state index contributed by atoms with van der Waals surface area (Å²) in [5.74, 6) is 0.775. The second-order valence-corrected chi connectivity index (χ2v) is 4.65. The van der Waals surface area contributed by atoms with Crippen LogP contribution >= 0.6 is 11.6 Å². The summed E-state index contributed by atoms with van der Waals surface area (Å²) >= 11 is 6.09. The molecule has 0 bridgehead atoms. The molecule has 120 valence electrons. The van der Waals surface area contributed by atoms with Gasteiger partial charge in [0.15, 0.2) is 0 Å². The third kappa shape index (κ3) is 5.26. The summed E-state index contributed by atoms with van der Waals surface area (Å²) < 4.78 is 50.6. The van der Waals surface area contributed by atoms with Crippen molar-refractivity contribution in [1.29, 1.82) is 0 Å². The molecular formula is C13H17ClF3NO3. The quantitative estimate of drug-likeness (QED) is 0.781. The highest BCUT2D eigenvalue weighted by Crippen LogP contribution is 2.39. The van der Waals surface area contributed by atoms with Crippen LogP contribution in [-0.2, 0) is 4.74 Å². The van der Waals surface area contributed by atoms with E-state index in [0.717, 1.165) is 0 Å². The molecule has 1 aromatic carbocycles. The summed E-state index contributed by atoms with van der Waals surface area (Å²) in [5.41, 5.74) is 6.52. The van der Waals surface area contributed by atoms with E-state index in [1.165, 1.54) is 14.2 Å². The molecule has 0 radical (unpaired) electrons. The van der Waals surface area contributed by atoms with Crippen molar-refractivity contribution in [3.63, 3.8) is 0 Å². The summed E-state index contributed by atoms with van der Waals surface area (Å²) in [7, 11) is 2.89. The lowest BCUT2D eigenvalue weighted by atomic mass is 10.0. The fourth-order valence-electron chi connectivity index (χ4n) is 1.76. The average molecular weight is 328 g/mol. The lowest BCUT2D eigenvalue weighted by Gasteiger charge is -2.18. The maximum Gasteiger partial charge on any atom is 0.411 e. The molecule has 0 spiro atoms. The van der Waals surface area contributed by atoms with E-state index in [1.54, 1.807) is 12.1 Å². The van der Waals surface area contributed by atoms with Crippen LogP contribution in [0.5, 0.6) is 11.5 Å². The Hall–Kier alpha value is -1.18. The summed E-state index contributed by atoms with van der Waals surface area (Å²) in [5, 5.41) is 0.268. The van der Waals surface area contributed by atoms with E-state index in [-0.39, 0.29) is 18.1 Å². The molecule has 0 aliphatic carbocycles. The van der Waals surface area contributed by atoms with Gasteiger partial charge in [-0.25, -0.2) is 0 Å². The first kappa shape index (κ1) is 17.9. The molecule has 0 heterocycles. The van der Waals surface area contributed by atoms with Gasteiger partial charge < -0.3 is 19.9 Å². The molecule has 2 N–H and O–H groups in total. The SMILES string of the molecule is COc1ccc(C(N)CCOCC(F)(F)F)c(OC)c1Cl. The van der Waals surface area contributed by atoms with E-state index in [9.17, 15) is 13.2 Å². The van der Waals surface area contributed by atoms with Gasteiger partial charge in [0.25, 0.3) is 0 Å². The molecule has 0 amide bonds. The highest BCUT2D eigenvalue weighted by atomic mass is 35.5. The van der Waals surface area contributed by atoms with E-state index in [0.29, 0.717) is 17.1 Å². The summed E-state index contributed by atoms with van der Waals surface area (Å²) in [4.78, 5) is 0. The highest BCUT2D eigenvalue weighted by Gasteiger charge is 2.27. The Morgan fingerprint density at radius 2 is 1.90 bits per heavy atom. The molecule has 0 saturated heterocycles. The van der Waals surface area contributed by atoms with Crippen molar-refractivity contribution < 1.29 is 27.4 Å². The fraction of sp³-hybridized carbons (Fsp3) is 0.538. The lowest BCUT2D eigenvalue weighted by Crippen LogP contribution is -2.20. The Morgan fingerprint density at radius 1 is 1.24 bits per heavy atom. The van der Waals surface area contributed by atoms with Crippen LogP contribution < -0.4 is 15.2 Å². The molecule has 0 aliphatic heterocycles. The van der Waals surface area contributed by atoms with Crippen LogP contribution in [0, 0.1) is 0 Å². The van der Waals surface area contributed by atoms with Gasteiger partial charge in [0.05, 0.1) is 14.2 Å². The van der Waals surface area contributed by atoms with Crippen molar-refractivity contribution in [3.05, 3.63) is 22.7 Å². The standard InChI is InChI=1S/C13H17ClF3NO3/c1-19-10-4-3-8(12(20-2)11(10)14)9(18)5-6-21-7-13(15,16)17/h3-4,9H,5-7,18H2,1-2H3. The molecule has 0 fully saturated rings. The Kier molecular flexibility index (Phi) is 6.57. The number of benzene rings is 1. The van der Waals surface area contributed by atoms with Crippen molar-refractivity contribution in [2.75, 3.05) is 27.4 Å². The molecule has 1 atom stereocenters. The topological polar surface area (TPSA) is 53.7 Å². The van der Waals surface area contributed by atoms with E-state index in [2.05, 4.69) is 4.74 Å². The fourth-order valence-corrected chi connectivity index (χ4v) is 2.09. The minimum Gasteiger partial charge on any atom is -0.495 e. The Morgan fingerprint density at radius 3 is 2.43 bits per heavy atom. The van der Waals surface area contributed by atoms with Gasteiger partial charge in [-0.3, -0.25) is 0 Å². The molecule has 0 saturated carbocycles. The van der Waals surface area contributed by atoms with Gasteiger partial charge in [-0.15, -0.1) is 0 Å². The first-order valence-electron chi connectivity index (χ1n) is 6.10. The van der Waals surface area contributed by atoms with Crippen LogP contribution in [0.15, 0.2) is 12.1 Å². The molecule has 1 rings (SSSR count). The largest absolute Gasteiger partial charge is 0.495 e. The van der Waals surface area contributed by atoms with Crippen molar-refractivity contribution >= 4 is 11.6 Å². The van der Waals surface area contributed by atoms with Crippen LogP contribution in [0.1, 0.15) is 18.0 Å². The molecule has 0 aliphatic rings. The monoisotopic (exact) mass is 327 g/mol. The van der Waals surface area contributed by atoms with Gasteiger partial charge in [0.2, 0.25) is 0 Å². The van der Waals surface area contributed by atoms with E-state index in [4.69, 9.17) is 26.8 Å². The van der Waals surface area contributed by atoms with Crippen molar-refractivity contribution in [3.8, 4) is 11.5 Å². The zero-order chi connectivity index (χ0) is 16.0. The first-order chi connectivity index (χ1) is 9.80. The van der Waals surface area contributed by atoms with Gasteiger partial charge in [0, 0.05) is 18.2 Å². The first-order valence-corrected chi connectivity index (χ1v) is 6.48. The third-order valence-electron chi connectivity index (χ3n) is 2.75. The summed E-state index contributed by atoms with van der Waals surface area (Å²) in [6, 6.07) is 2.73. The van der Waals surface area contributed by atoms with E-state index >= 15 is 0 Å². The summed E-state index contributed by atoms with van der Waals surface area (Å²) in [6.07, 6.45) is -4.14. The zero-order valence-corrected chi connectivity index (χ0v) is 12.4. The minimum absolute atomic E-state index is 0.118. The molecule has 21 heavy (non-hydrogen) atoms. The highest BCUT2D eigenvalue weighted by molar-refractivity contribution is 6.33. The van der Waals surface area contributed by atoms with Crippen molar-refractivity contribution in [1.82, 2.24) is 0 Å². The van der Waals surface area contributed by atoms with Gasteiger partial charge in [0.1, 0.15) is 23.1 Å². The van der Waals surface area contributed by atoms with E-state index < -0.39 is 18.8 Å². The van der Waals surface area contributed by atoms with Gasteiger partial charge >= 0.3 is 6.18 Å². The molecule has 1 unspecified atom stereocenters. The Balaban J connectivity index is 2.70. The number of alkyl halides is 3. The number of rotatable bonds is 7. The van der Waals surface area contributed by atoms with Gasteiger partial charge in [-0.1, -0.05) is 11.6 Å². The predicted molar refractivity (Wildman–Crippen MR) is 73.0 cm³/mol. The van der Waals surface area contributed by atoms with Crippen LogP contribution in [0.2, 0.25) is 5.02 Å². The minimum atomic E-state index is -4.34. The zero-order valence-electron chi connectivity index (χ0n) is 11.7. The van der Waals surface area contributed by atoms with Gasteiger partial charge in [-0.05, 0) is 18.6 Å². The summed E-state index contributed by atoms with van der Waals surface area (Å²) in [6.45, 7) is -1.41. The van der Waals surface area contributed by atoms with Crippen LogP contribution in [0.25, 0.3) is 0 Å². The maximum atomic E-state index is 12.0. The molecule has 0 aromatic heterocycles. The number of hydrogen-bond acceptors (Lipinski definition) is 4. The van der Waals surface area contributed by atoms with Gasteiger partial charge in [-0.2, -0.15) is 13.2 Å². The lowest BCUT2D eigenvalue weighted by molar-refractivity contribution is -0.174. The maximum absolute atomic E-state index is 12.0. The molecule has 4 nitrogen and oxygen atoms in total. The number of hydrogen-bond donors (Lipinski definition) is 1. The smallest absolute Gasteiger partial charge is 0.411 e. The number of methoxy groups -OCH3 is 2. The number of halogens is 4. The number of nitrogens with two attached hydrogens (primary N) is 1. The predicted octanol–water partition coefficient (Wildman–Crippen LogP) is 3.33. The third-order valence-corrected chi connectivity index (χ3v) is 3.11. The van der Waals surface area contributed by atoms with Crippen LogP contribution in [-0.4, -0.2) is 33.6 Å². The normalized spacial score (nSPS) is 13.1. The van der Waals surface area contributed by atoms with Crippen LogP contribution in [0.3, 0.4) is 0 Å².